The van der Waals surface area contributed by atoms with Gasteiger partial charge in [-0.1, -0.05) is 20.8 Å². The maximum Gasteiger partial charge on any atom is 0.340 e. The summed E-state index contributed by atoms with van der Waals surface area (Å²) in [5, 5.41) is 4.22. The third kappa shape index (κ3) is 3.75. The Labute approximate surface area is 168 Å². The molecule has 2 aromatic rings. The number of fused-ring (bicyclic) bond motifs is 3. The second-order valence-corrected chi connectivity index (χ2v) is 9.12. The lowest BCUT2D eigenvalue weighted by molar-refractivity contribution is -0.108. The van der Waals surface area contributed by atoms with Crippen LogP contribution in [-0.4, -0.2) is 52.8 Å². The van der Waals surface area contributed by atoms with Gasteiger partial charge < -0.3 is 19.4 Å². The fourth-order valence-electron chi connectivity index (χ4n) is 4.50. The molecule has 0 aliphatic carbocycles. The van der Waals surface area contributed by atoms with Crippen LogP contribution in [0.4, 0.5) is 8.78 Å². The van der Waals surface area contributed by atoms with Crippen molar-refractivity contribution in [3.05, 3.63) is 30.1 Å². The SMILES string of the molecule is CC(C)(C)[C@@]12COC[C@H](C[C@H](OC(=O)c3cn(CC(F)F)c4ncccc34)C1)N2. The van der Waals surface area contributed by atoms with Crippen molar-refractivity contribution in [2.75, 3.05) is 13.2 Å². The fourth-order valence-corrected chi connectivity index (χ4v) is 4.50. The number of carbonyl (C=O) groups is 1. The van der Waals surface area contributed by atoms with Crippen molar-refractivity contribution < 1.29 is 23.0 Å². The molecule has 3 atom stereocenters. The number of halogens is 2. The minimum absolute atomic E-state index is 0.0754. The lowest BCUT2D eigenvalue weighted by Gasteiger charge is -2.55. The number of aromatic nitrogens is 2. The van der Waals surface area contributed by atoms with Crippen molar-refractivity contribution in [2.45, 2.75) is 64.3 Å². The number of piperidine rings is 1. The summed E-state index contributed by atoms with van der Waals surface area (Å²) in [5.74, 6) is -0.494. The average molecular weight is 407 g/mol. The lowest BCUT2D eigenvalue weighted by Crippen LogP contribution is -2.70. The molecular formula is C21H27F2N3O3. The molecule has 2 bridgehead atoms. The standard InChI is InChI=1S/C21H27F2N3O3/c1-20(2,3)21-8-14(7-13(25-21)11-28-12-21)29-19(27)16-9-26(10-17(22)23)18-15(16)5-4-6-24-18/h4-6,9,13-14,17,25H,7-8,10-12H2,1-3H3/t13-,14-,21-/m0/s1. The van der Waals surface area contributed by atoms with E-state index in [4.69, 9.17) is 9.47 Å². The number of morpholine rings is 1. The molecule has 158 valence electrons. The number of nitrogens with one attached hydrogen (secondary N) is 1. The lowest BCUT2D eigenvalue weighted by atomic mass is 9.67. The number of nitrogens with zero attached hydrogens (tertiary/aromatic N) is 2. The fraction of sp³-hybridized carbons (Fsp3) is 0.619. The highest BCUT2D eigenvalue weighted by Gasteiger charge is 2.51. The summed E-state index contributed by atoms with van der Waals surface area (Å²) in [7, 11) is 0. The molecule has 0 unspecified atom stereocenters. The molecule has 8 heteroatoms. The van der Waals surface area contributed by atoms with Gasteiger partial charge in [0.15, 0.2) is 0 Å². The second kappa shape index (κ2) is 7.32. The van der Waals surface area contributed by atoms with E-state index >= 15 is 0 Å². The Balaban J connectivity index is 1.58. The molecule has 2 saturated heterocycles. The Bertz CT molecular complexity index is 908. The molecule has 29 heavy (non-hydrogen) atoms. The molecule has 2 aromatic heterocycles. The van der Waals surface area contributed by atoms with Gasteiger partial charge in [0.2, 0.25) is 0 Å². The molecule has 4 rings (SSSR count). The molecule has 2 fully saturated rings. The minimum atomic E-state index is -2.54. The molecule has 4 heterocycles. The monoisotopic (exact) mass is 407 g/mol. The average Bonchev–Trinajstić information content (AvgIpc) is 2.99. The zero-order valence-electron chi connectivity index (χ0n) is 17.0. The largest absolute Gasteiger partial charge is 0.459 e. The van der Waals surface area contributed by atoms with Crippen LogP contribution < -0.4 is 5.32 Å². The van der Waals surface area contributed by atoms with Crippen molar-refractivity contribution in [2.24, 2.45) is 5.41 Å². The zero-order valence-corrected chi connectivity index (χ0v) is 17.0. The second-order valence-electron chi connectivity index (χ2n) is 9.12. The van der Waals surface area contributed by atoms with Crippen LogP contribution in [0.2, 0.25) is 0 Å². The Morgan fingerprint density at radius 1 is 1.48 bits per heavy atom. The van der Waals surface area contributed by atoms with Gasteiger partial charge in [0.25, 0.3) is 6.43 Å². The first-order chi connectivity index (χ1) is 13.7. The number of ether oxygens (including phenoxy) is 2. The van der Waals surface area contributed by atoms with Crippen LogP contribution in [0.15, 0.2) is 24.5 Å². The molecule has 2 aliphatic rings. The van der Waals surface area contributed by atoms with Gasteiger partial charge in [0.05, 0.1) is 30.9 Å². The first kappa shape index (κ1) is 20.2. The molecule has 0 amide bonds. The van der Waals surface area contributed by atoms with Crippen LogP contribution in [0.1, 0.15) is 44.0 Å². The number of rotatable bonds is 4. The highest BCUT2D eigenvalue weighted by Crippen LogP contribution is 2.41. The van der Waals surface area contributed by atoms with Crippen molar-refractivity contribution in [3.63, 3.8) is 0 Å². The first-order valence-electron chi connectivity index (χ1n) is 9.97. The van der Waals surface area contributed by atoms with Gasteiger partial charge >= 0.3 is 5.97 Å². The van der Waals surface area contributed by atoms with E-state index in [1.54, 1.807) is 12.1 Å². The van der Waals surface area contributed by atoms with Crippen LogP contribution in [0, 0.1) is 5.41 Å². The quantitative estimate of drug-likeness (QED) is 0.787. The van der Waals surface area contributed by atoms with Crippen molar-refractivity contribution >= 4 is 17.0 Å². The molecule has 0 spiro atoms. The molecule has 6 nitrogen and oxygen atoms in total. The Hall–Kier alpha value is -2.06. The van der Waals surface area contributed by atoms with E-state index < -0.39 is 18.9 Å². The smallest absolute Gasteiger partial charge is 0.340 e. The summed E-state index contributed by atoms with van der Waals surface area (Å²) in [6, 6.07) is 3.52. The van der Waals surface area contributed by atoms with E-state index in [-0.39, 0.29) is 28.7 Å². The van der Waals surface area contributed by atoms with Gasteiger partial charge in [-0.2, -0.15) is 0 Å². The van der Waals surface area contributed by atoms with Crippen molar-refractivity contribution in [1.82, 2.24) is 14.9 Å². The van der Waals surface area contributed by atoms with E-state index in [2.05, 4.69) is 31.1 Å². The van der Waals surface area contributed by atoms with Gasteiger partial charge in [-0.05, 0) is 17.5 Å². The highest BCUT2D eigenvalue weighted by molar-refractivity contribution is 6.03. The van der Waals surface area contributed by atoms with Gasteiger partial charge in [-0.3, -0.25) is 0 Å². The number of pyridine rings is 1. The van der Waals surface area contributed by atoms with Crippen LogP contribution in [0.3, 0.4) is 0 Å². The third-order valence-electron chi connectivity index (χ3n) is 6.17. The van der Waals surface area contributed by atoms with E-state index in [1.807, 2.05) is 0 Å². The molecule has 0 saturated carbocycles. The summed E-state index contributed by atoms with van der Waals surface area (Å²) >= 11 is 0. The topological polar surface area (TPSA) is 65.4 Å². The summed E-state index contributed by atoms with van der Waals surface area (Å²) in [5.41, 5.74) is 0.290. The van der Waals surface area contributed by atoms with Crippen LogP contribution in [0.25, 0.3) is 11.0 Å². The van der Waals surface area contributed by atoms with E-state index in [0.29, 0.717) is 37.1 Å². The van der Waals surface area contributed by atoms with E-state index in [1.165, 1.54) is 17.0 Å². The minimum Gasteiger partial charge on any atom is -0.459 e. The predicted molar refractivity (Wildman–Crippen MR) is 104 cm³/mol. The zero-order chi connectivity index (χ0) is 20.8. The van der Waals surface area contributed by atoms with Crippen LogP contribution >= 0.6 is 0 Å². The van der Waals surface area contributed by atoms with Crippen LogP contribution in [-0.2, 0) is 16.0 Å². The van der Waals surface area contributed by atoms with Gasteiger partial charge in [0.1, 0.15) is 11.8 Å². The number of hydrogen-bond donors (Lipinski definition) is 1. The Morgan fingerprint density at radius 2 is 2.28 bits per heavy atom. The summed E-state index contributed by atoms with van der Waals surface area (Å²) < 4.78 is 38.9. The van der Waals surface area contributed by atoms with Gasteiger partial charge in [-0.25, -0.2) is 18.6 Å². The molecule has 2 aliphatic heterocycles. The first-order valence-corrected chi connectivity index (χ1v) is 9.97. The summed E-state index contributed by atoms with van der Waals surface area (Å²) in [6.45, 7) is 7.10. The maximum absolute atomic E-state index is 13.0. The van der Waals surface area contributed by atoms with E-state index in [9.17, 15) is 13.6 Å². The summed E-state index contributed by atoms with van der Waals surface area (Å²) in [4.78, 5) is 17.2. The van der Waals surface area contributed by atoms with Crippen molar-refractivity contribution in [1.29, 1.82) is 0 Å². The Kier molecular flexibility index (Phi) is 5.11. The number of hydrogen-bond acceptors (Lipinski definition) is 5. The Morgan fingerprint density at radius 3 is 3.00 bits per heavy atom. The highest BCUT2D eigenvalue weighted by atomic mass is 19.3. The van der Waals surface area contributed by atoms with Gasteiger partial charge in [-0.15, -0.1) is 0 Å². The third-order valence-corrected chi connectivity index (χ3v) is 6.17. The predicted octanol–water partition coefficient (Wildman–Crippen LogP) is 3.39. The number of alkyl halides is 2. The molecule has 1 N–H and O–H groups in total. The normalized spacial score (nSPS) is 27.4. The molecule has 0 radical (unpaired) electrons. The van der Waals surface area contributed by atoms with Crippen molar-refractivity contribution in [3.8, 4) is 0 Å². The molecule has 0 aromatic carbocycles. The van der Waals surface area contributed by atoms with E-state index in [0.717, 1.165) is 0 Å². The van der Waals surface area contributed by atoms with Crippen LogP contribution in [0.5, 0.6) is 0 Å². The summed E-state index contributed by atoms with van der Waals surface area (Å²) in [6.07, 6.45) is 1.47. The number of carbonyl (C=O) groups excluding carboxylic acids is 1. The number of esters is 1. The van der Waals surface area contributed by atoms with Gasteiger partial charge in [0, 0.05) is 36.7 Å². The maximum atomic E-state index is 13.0. The molecular weight excluding hydrogens is 380 g/mol.